The summed E-state index contributed by atoms with van der Waals surface area (Å²) in [5, 5.41) is 5.57. The summed E-state index contributed by atoms with van der Waals surface area (Å²) >= 11 is 0. The molecule has 4 rings (SSSR count). The summed E-state index contributed by atoms with van der Waals surface area (Å²) in [7, 11) is -3.52. The zero-order valence-corrected chi connectivity index (χ0v) is 19.1. The lowest BCUT2D eigenvalue weighted by Crippen LogP contribution is -2.40. The van der Waals surface area contributed by atoms with Gasteiger partial charge in [-0.25, -0.2) is 13.6 Å². The molecule has 0 aliphatic heterocycles. The summed E-state index contributed by atoms with van der Waals surface area (Å²) in [5.74, 6) is 1.79. The lowest BCUT2D eigenvalue weighted by Gasteiger charge is -2.39. The van der Waals surface area contributed by atoms with Crippen LogP contribution in [0.15, 0.2) is 33.5 Å². The Morgan fingerprint density at radius 1 is 1.21 bits per heavy atom. The monoisotopic (exact) mass is 417 g/mol. The molecule has 2 saturated carbocycles. The third kappa shape index (κ3) is 3.44. The van der Waals surface area contributed by atoms with Gasteiger partial charge in [-0.3, -0.25) is 0 Å². The van der Waals surface area contributed by atoms with Gasteiger partial charge in [0.25, 0.3) is 0 Å². The average molecular weight is 418 g/mol. The Bertz CT molecular complexity index is 980. The van der Waals surface area contributed by atoms with Crippen LogP contribution in [-0.4, -0.2) is 14.2 Å². The topological polar surface area (TPSA) is 73.3 Å². The van der Waals surface area contributed by atoms with Gasteiger partial charge in [0.2, 0.25) is 10.0 Å². The molecule has 1 aromatic rings. The van der Waals surface area contributed by atoms with E-state index < -0.39 is 10.0 Å². The van der Waals surface area contributed by atoms with Crippen LogP contribution >= 0.6 is 0 Å². The molecule has 0 radical (unpaired) electrons. The number of hydrogen-bond donors (Lipinski definition) is 1. The van der Waals surface area contributed by atoms with Gasteiger partial charge >= 0.3 is 0 Å². The van der Waals surface area contributed by atoms with Crippen molar-refractivity contribution >= 4 is 15.6 Å². The Morgan fingerprint density at radius 2 is 1.93 bits per heavy atom. The quantitative estimate of drug-likeness (QED) is 0.634. The fourth-order valence-corrected chi connectivity index (χ4v) is 7.97. The largest absolute Gasteiger partial charge is 0.469 e. The van der Waals surface area contributed by atoms with Crippen molar-refractivity contribution in [3.8, 4) is 0 Å². The van der Waals surface area contributed by atoms with E-state index in [1.54, 1.807) is 0 Å². The third-order valence-corrected chi connectivity index (χ3v) is 9.35. The van der Waals surface area contributed by atoms with Gasteiger partial charge in [0.1, 0.15) is 5.76 Å². The van der Waals surface area contributed by atoms with Crippen LogP contribution < -0.4 is 5.14 Å². The molecule has 29 heavy (non-hydrogen) atoms. The standard InChI is InChI=1S/C24H35NO3S/c1-16(19-6-5-7-22-20(19)11-13-28-22)8-9-17(2)21-14-18-10-12-24(21,23(18,3)4)15-29(25,26)27/h11,13,18H,5-10,12,14-15H2,1-4H3,(H2,25,26,27)/b19-16+,21-17+/t18?,24-/m0/s1. The first-order valence-corrected chi connectivity index (χ1v) is 12.7. The molecule has 160 valence electrons. The van der Waals surface area contributed by atoms with Crippen LogP contribution in [0.25, 0.3) is 5.57 Å². The molecule has 1 aromatic heterocycles. The van der Waals surface area contributed by atoms with Gasteiger partial charge in [0, 0.05) is 17.4 Å². The van der Waals surface area contributed by atoms with Crippen molar-refractivity contribution in [2.75, 3.05) is 5.75 Å². The first-order chi connectivity index (χ1) is 13.6. The highest BCUT2D eigenvalue weighted by atomic mass is 32.2. The van der Waals surface area contributed by atoms with Crippen LogP contribution in [0.1, 0.15) is 84.0 Å². The summed E-state index contributed by atoms with van der Waals surface area (Å²) in [4.78, 5) is 0. The lowest BCUT2D eigenvalue weighted by molar-refractivity contribution is 0.181. The Kier molecular flexibility index (Phi) is 5.14. The van der Waals surface area contributed by atoms with E-state index in [1.165, 1.54) is 27.9 Å². The molecule has 1 unspecified atom stereocenters. The highest BCUT2D eigenvalue weighted by molar-refractivity contribution is 7.89. The Hall–Kier alpha value is -1.33. The van der Waals surface area contributed by atoms with Crippen LogP contribution in [0.5, 0.6) is 0 Å². The molecular formula is C24H35NO3S. The van der Waals surface area contributed by atoms with E-state index >= 15 is 0 Å². The van der Waals surface area contributed by atoms with Gasteiger partial charge in [0.05, 0.1) is 12.0 Å². The molecule has 3 aliphatic rings. The van der Waals surface area contributed by atoms with Gasteiger partial charge in [-0.1, -0.05) is 30.6 Å². The molecule has 4 nitrogen and oxygen atoms in total. The minimum Gasteiger partial charge on any atom is -0.469 e. The normalized spacial score (nSPS) is 31.7. The molecule has 2 fully saturated rings. The summed E-state index contributed by atoms with van der Waals surface area (Å²) in [6.45, 7) is 8.98. The third-order valence-electron chi connectivity index (χ3n) is 8.46. The van der Waals surface area contributed by atoms with E-state index in [4.69, 9.17) is 9.56 Å². The highest BCUT2D eigenvalue weighted by Crippen LogP contribution is 2.69. The summed E-state index contributed by atoms with van der Waals surface area (Å²) in [5.41, 5.74) is 6.68. The van der Waals surface area contributed by atoms with E-state index in [0.717, 1.165) is 57.1 Å². The van der Waals surface area contributed by atoms with Crippen molar-refractivity contribution in [1.82, 2.24) is 0 Å². The molecular weight excluding hydrogens is 382 g/mol. The molecule has 2 bridgehead atoms. The van der Waals surface area contributed by atoms with E-state index in [2.05, 4.69) is 33.8 Å². The number of nitrogens with two attached hydrogens (primary N) is 1. The number of aryl methyl sites for hydroxylation is 1. The van der Waals surface area contributed by atoms with Crippen molar-refractivity contribution in [3.05, 3.63) is 40.4 Å². The van der Waals surface area contributed by atoms with Gasteiger partial charge in [-0.2, -0.15) is 0 Å². The number of rotatable bonds is 5. The summed E-state index contributed by atoms with van der Waals surface area (Å²) in [6.07, 6.45) is 10.2. The molecule has 0 aromatic carbocycles. The maximum absolute atomic E-state index is 12.1. The van der Waals surface area contributed by atoms with Gasteiger partial charge in [0.15, 0.2) is 0 Å². The van der Waals surface area contributed by atoms with E-state index in [1.807, 2.05) is 6.26 Å². The van der Waals surface area contributed by atoms with Gasteiger partial charge in [-0.15, -0.1) is 0 Å². The first-order valence-electron chi connectivity index (χ1n) is 11.0. The maximum atomic E-state index is 12.1. The Morgan fingerprint density at radius 3 is 2.62 bits per heavy atom. The second-order valence-electron chi connectivity index (χ2n) is 10.2. The van der Waals surface area contributed by atoms with Crippen LogP contribution in [0.2, 0.25) is 0 Å². The fourth-order valence-electron chi connectivity index (χ4n) is 6.59. The number of allylic oxidation sites excluding steroid dienone is 4. The first kappa shape index (κ1) is 20.9. The zero-order chi connectivity index (χ0) is 21.0. The van der Waals surface area contributed by atoms with Crippen molar-refractivity contribution in [2.24, 2.45) is 21.9 Å². The van der Waals surface area contributed by atoms with Crippen LogP contribution in [0.3, 0.4) is 0 Å². The minimum atomic E-state index is -3.52. The zero-order valence-electron chi connectivity index (χ0n) is 18.3. The number of sulfonamides is 1. The highest BCUT2D eigenvalue weighted by Gasteiger charge is 2.62. The van der Waals surface area contributed by atoms with Crippen molar-refractivity contribution in [3.63, 3.8) is 0 Å². The number of furan rings is 1. The van der Waals surface area contributed by atoms with E-state index in [9.17, 15) is 8.42 Å². The fraction of sp³-hybridized carbons (Fsp3) is 0.667. The smallest absolute Gasteiger partial charge is 0.209 e. The van der Waals surface area contributed by atoms with Crippen molar-refractivity contribution < 1.29 is 12.8 Å². The van der Waals surface area contributed by atoms with E-state index in [-0.39, 0.29) is 16.6 Å². The lowest BCUT2D eigenvalue weighted by atomic mass is 9.68. The van der Waals surface area contributed by atoms with Crippen molar-refractivity contribution in [2.45, 2.75) is 79.1 Å². The van der Waals surface area contributed by atoms with Crippen LogP contribution in [0, 0.1) is 16.7 Å². The van der Waals surface area contributed by atoms with Crippen molar-refractivity contribution in [1.29, 1.82) is 0 Å². The maximum Gasteiger partial charge on any atom is 0.209 e. The molecule has 2 atom stereocenters. The Labute approximate surface area is 175 Å². The molecule has 0 saturated heterocycles. The number of hydrogen-bond acceptors (Lipinski definition) is 3. The second kappa shape index (κ2) is 7.12. The molecule has 5 heteroatoms. The predicted octanol–water partition coefficient (Wildman–Crippen LogP) is 5.60. The van der Waals surface area contributed by atoms with E-state index in [0.29, 0.717) is 5.92 Å². The molecule has 2 N–H and O–H groups in total. The summed E-state index contributed by atoms with van der Waals surface area (Å²) in [6, 6.07) is 2.11. The SMILES string of the molecule is C/C(CC/C(C)=C1\CC2CC[C@@]1(CS(N)(=O)=O)C2(C)C)=C1/CCCc2occc21. The molecule has 0 amide bonds. The van der Waals surface area contributed by atoms with Gasteiger partial charge in [-0.05, 0) is 81.8 Å². The number of fused-ring (bicyclic) bond motifs is 3. The predicted molar refractivity (Wildman–Crippen MR) is 118 cm³/mol. The van der Waals surface area contributed by atoms with Gasteiger partial charge < -0.3 is 4.42 Å². The van der Waals surface area contributed by atoms with Crippen LogP contribution in [-0.2, 0) is 16.4 Å². The molecule has 1 heterocycles. The second-order valence-corrected chi connectivity index (χ2v) is 11.8. The summed E-state index contributed by atoms with van der Waals surface area (Å²) < 4.78 is 29.9. The molecule has 3 aliphatic carbocycles. The Balaban J connectivity index is 1.61. The molecule has 0 spiro atoms. The minimum absolute atomic E-state index is 0.00138. The average Bonchev–Trinajstić information content (AvgIpc) is 3.26. The number of primary sulfonamides is 1. The van der Waals surface area contributed by atoms with Crippen LogP contribution in [0.4, 0.5) is 0 Å².